The van der Waals surface area contributed by atoms with E-state index in [0.29, 0.717) is 99.3 Å². The third-order valence-corrected chi connectivity index (χ3v) is 12.0. The summed E-state index contributed by atoms with van der Waals surface area (Å²) in [5, 5.41) is 4.99. The number of ether oxygens (including phenoxy) is 1. The Morgan fingerprint density at radius 2 is 1.91 bits per heavy atom. The molecule has 10 nitrogen and oxygen atoms in total. The van der Waals surface area contributed by atoms with Crippen molar-refractivity contribution in [3.63, 3.8) is 0 Å². The number of fused-ring (bicyclic) bond motifs is 1. The van der Waals surface area contributed by atoms with Crippen LogP contribution in [0, 0.1) is 6.92 Å². The van der Waals surface area contributed by atoms with Crippen LogP contribution in [0.2, 0.25) is 0 Å². The number of anilines is 1. The van der Waals surface area contributed by atoms with Crippen molar-refractivity contribution >= 4 is 33.3 Å². The molecule has 3 saturated heterocycles. The van der Waals surface area contributed by atoms with E-state index in [2.05, 4.69) is 9.80 Å². The van der Waals surface area contributed by atoms with Crippen molar-refractivity contribution in [2.75, 3.05) is 64.1 Å². The highest BCUT2D eigenvalue weighted by atomic mass is 32.2. The van der Waals surface area contributed by atoms with Gasteiger partial charge in [0.1, 0.15) is 5.69 Å². The zero-order chi connectivity index (χ0) is 32.0. The van der Waals surface area contributed by atoms with Gasteiger partial charge in [-0.3, -0.25) is 4.90 Å². The summed E-state index contributed by atoms with van der Waals surface area (Å²) in [6.45, 7) is 5.28. The molecule has 0 bridgehead atoms. The highest BCUT2D eigenvalue weighted by Crippen LogP contribution is 2.40. The summed E-state index contributed by atoms with van der Waals surface area (Å²) in [4.78, 5) is 15.8. The van der Waals surface area contributed by atoms with Gasteiger partial charge < -0.3 is 14.5 Å². The number of aliphatic imine (C=N–C) groups is 1. The summed E-state index contributed by atoms with van der Waals surface area (Å²) < 4.78 is 74.6. The van der Waals surface area contributed by atoms with Crippen molar-refractivity contribution in [3.05, 3.63) is 52.3 Å². The molecule has 3 fully saturated rings. The summed E-state index contributed by atoms with van der Waals surface area (Å²) in [7, 11) is 0.513. The second kappa shape index (κ2) is 12.2. The number of halogens is 3. The Balaban J connectivity index is 1.47. The van der Waals surface area contributed by atoms with Crippen LogP contribution in [0.25, 0.3) is 5.65 Å². The molecule has 3 aromatic rings. The molecule has 5 heterocycles. The fourth-order valence-corrected chi connectivity index (χ4v) is 9.06. The summed E-state index contributed by atoms with van der Waals surface area (Å²) >= 11 is 0. The number of nitrogens with zero attached hydrogens (tertiary/aromatic N) is 7. The molecule has 0 aliphatic carbocycles. The van der Waals surface area contributed by atoms with Gasteiger partial charge in [0.15, 0.2) is 21.3 Å². The molecule has 244 valence electrons. The second-order valence-corrected chi connectivity index (χ2v) is 15.1. The van der Waals surface area contributed by atoms with Crippen LogP contribution in [0.3, 0.4) is 0 Å². The van der Waals surface area contributed by atoms with Crippen LogP contribution in [0.4, 0.5) is 24.7 Å². The zero-order valence-electron chi connectivity index (χ0n) is 26.0. The van der Waals surface area contributed by atoms with Crippen molar-refractivity contribution in [1.82, 2.24) is 24.4 Å². The largest absolute Gasteiger partial charge is 0.416 e. The zero-order valence-corrected chi connectivity index (χ0v) is 26.8. The molecule has 1 unspecified atom stereocenters. The number of hydrogen-bond acceptors (Lipinski definition) is 8. The van der Waals surface area contributed by atoms with Gasteiger partial charge in [-0.2, -0.15) is 13.2 Å². The Bertz CT molecular complexity index is 1700. The van der Waals surface area contributed by atoms with Crippen molar-refractivity contribution in [1.29, 1.82) is 0 Å². The van der Waals surface area contributed by atoms with E-state index in [4.69, 9.17) is 19.8 Å². The van der Waals surface area contributed by atoms with Crippen LogP contribution in [0.15, 0.2) is 29.3 Å². The molecule has 6 rings (SSSR count). The number of imidazole rings is 1. The second-order valence-electron chi connectivity index (χ2n) is 12.6. The van der Waals surface area contributed by atoms with Crippen LogP contribution in [0.5, 0.6) is 0 Å². The van der Waals surface area contributed by atoms with Crippen LogP contribution in [-0.2, 0) is 33.7 Å². The van der Waals surface area contributed by atoms with E-state index >= 15 is 0 Å². The van der Waals surface area contributed by atoms with Gasteiger partial charge in [0.25, 0.3) is 0 Å². The molecule has 0 saturated carbocycles. The maximum atomic E-state index is 13.9. The smallest absolute Gasteiger partial charge is 0.378 e. The van der Waals surface area contributed by atoms with E-state index in [9.17, 15) is 21.6 Å². The lowest BCUT2D eigenvalue weighted by molar-refractivity contribution is -0.138. The monoisotopic (exact) mass is 647 g/mol. The Labute approximate surface area is 261 Å². The van der Waals surface area contributed by atoms with E-state index in [1.165, 1.54) is 13.0 Å². The Hall–Kier alpha value is -3.23. The number of rotatable bonds is 7. The van der Waals surface area contributed by atoms with Crippen molar-refractivity contribution in [2.45, 2.75) is 56.5 Å². The Morgan fingerprint density at radius 3 is 2.62 bits per heavy atom. The van der Waals surface area contributed by atoms with E-state index < -0.39 is 26.3 Å². The van der Waals surface area contributed by atoms with Gasteiger partial charge >= 0.3 is 6.18 Å². The molecule has 1 spiro atoms. The number of morpholine rings is 1. The summed E-state index contributed by atoms with van der Waals surface area (Å²) in [6.07, 6.45) is 0.187. The molecule has 1 aromatic carbocycles. The van der Waals surface area contributed by atoms with Gasteiger partial charge in [-0.1, -0.05) is 18.6 Å². The molecule has 45 heavy (non-hydrogen) atoms. The molecule has 0 radical (unpaired) electrons. The number of alkyl halides is 3. The standard InChI is InChI=1S/C31H40F3N7O3S/c1-22-23(7-6-8-24(22)31(32,33)34)17-27-26(19-39-11-10-30(20-39)9-4-5-16-45(30,42)43)36-29-25(35-21-38(2)3)18-28(37-41(27)29)40-12-14-44-15-13-40/h6-8,18,21H,4-5,9-17,19-20H2,1-3H3/b35-21+. The minimum Gasteiger partial charge on any atom is -0.378 e. The maximum absolute atomic E-state index is 13.9. The average Bonchev–Trinajstić information content (AvgIpc) is 3.56. The normalized spacial score (nSPS) is 22.7. The quantitative estimate of drug-likeness (QED) is 0.278. The van der Waals surface area contributed by atoms with E-state index in [1.54, 1.807) is 16.9 Å². The first-order valence-corrected chi connectivity index (χ1v) is 17.1. The average molecular weight is 648 g/mol. The highest BCUT2D eigenvalue weighted by molar-refractivity contribution is 7.92. The Morgan fingerprint density at radius 1 is 1.13 bits per heavy atom. The van der Waals surface area contributed by atoms with Crippen LogP contribution in [0.1, 0.15) is 53.8 Å². The van der Waals surface area contributed by atoms with Gasteiger partial charge in [0.05, 0.1) is 47.0 Å². The molecule has 0 N–H and O–H groups in total. The van der Waals surface area contributed by atoms with E-state index in [-0.39, 0.29) is 17.7 Å². The summed E-state index contributed by atoms with van der Waals surface area (Å²) in [5.41, 5.74) is 2.42. The molecule has 3 aliphatic rings. The molecule has 1 atom stereocenters. The number of hydrogen-bond donors (Lipinski definition) is 0. The molecule has 2 aromatic heterocycles. The van der Waals surface area contributed by atoms with Crippen molar-refractivity contribution in [3.8, 4) is 0 Å². The van der Waals surface area contributed by atoms with E-state index in [0.717, 1.165) is 12.5 Å². The molecule has 3 aliphatic heterocycles. The molecular formula is C31H40F3N7O3S. The minimum absolute atomic E-state index is 0.162. The van der Waals surface area contributed by atoms with Crippen LogP contribution in [-0.4, -0.2) is 103 Å². The Kier molecular flexibility index (Phi) is 8.59. The lowest BCUT2D eigenvalue weighted by atomic mass is 9.98. The molecule has 14 heteroatoms. The van der Waals surface area contributed by atoms with E-state index in [1.807, 2.05) is 25.1 Å². The van der Waals surface area contributed by atoms with Gasteiger partial charge in [-0.05, 0) is 43.4 Å². The lowest BCUT2D eigenvalue weighted by Crippen LogP contribution is -2.45. The van der Waals surface area contributed by atoms with Gasteiger partial charge in [0.2, 0.25) is 0 Å². The number of benzene rings is 1. The topological polar surface area (TPSA) is 95.6 Å². The van der Waals surface area contributed by atoms with Gasteiger partial charge in [-0.15, -0.1) is 5.10 Å². The predicted octanol–water partition coefficient (Wildman–Crippen LogP) is 4.25. The fraction of sp³-hybridized carbons (Fsp3) is 0.581. The summed E-state index contributed by atoms with van der Waals surface area (Å²) in [6, 6.07) is 6.14. The van der Waals surface area contributed by atoms with Gasteiger partial charge in [0, 0.05) is 59.3 Å². The first kappa shape index (κ1) is 31.7. The van der Waals surface area contributed by atoms with Crippen molar-refractivity contribution in [2.24, 2.45) is 4.99 Å². The summed E-state index contributed by atoms with van der Waals surface area (Å²) in [5.74, 6) is 0.896. The fourth-order valence-electron chi connectivity index (χ4n) is 6.81. The predicted molar refractivity (Wildman–Crippen MR) is 167 cm³/mol. The SMILES string of the molecule is Cc1c(Cc2c(CN3CCC4(CCCCS4(=O)=O)C3)nc3c(/N=C/N(C)C)cc(N4CCOCC4)nn23)cccc1C(F)(F)F. The maximum Gasteiger partial charge on any atom is 0.416 e. The van der Waals surface area contributed by atoms with Gasteiger partial charge in [-0.25, -0.2) is 22.9 Å². The van der Waals surface area contributed by atoms with Crippen molar-refractivity contribution < 1.29 is 26.3 Å². The number of sulfone groups is 1. The number of aromatic nitrogens is 3. The molecular weight excluding hydrogens is 607 g/mol. The molecule has 0 amide bonds. The lowest BCUT2D eigenvalue weighted by Gasteiger charge is -2.33. The first-order chi connectivity index (χ1) is 21.4. The van der Waals surface area contributed by atoms with Crippen LogP contribution >= 0.6 is 0 Å². The third-order valence-electron chi connectivity index (χ3n) is 9.32. The first-order valence-electron chi connectivity index (χ1n) is 15.4. The highest BCUT2D eigenvalue weighted by Gasteiger charge is 2.49. The third kappa shape index (κ3) is 6.28. The minimum atomic E-state index is -4.48. The van der Waals surface area contributed by atoms with Crippen LogP contribution < -0.4 is 4.90 Å². The number of likely N-dealkylation sites (tertiary alicyclic amines) is 1.